The van der Waals surface area contributed by atoms with Crippen LogP contribution < -0.4 is 5.32 Å². The van der Waals surface area contributed by atoms with Gasteiger partial charge >= 0.3 is 0 Å². The molecule has 0 aromatic carbocycles. The van der Waals surface area contributed by atoms with Crippen LogP contribution in [0, 0.1) is 0 Å². The number of nitrogens with zero attached hydrogens (tertiary/aromatic N) is 3. The van der Waals surface area contributed by atoms with Crippen LogP contribution >= 0.6 is 15.9 Å². The SMILES string of the molecule is CC(Br)CC(C)Nc1nccn2nc(C(C)C)cc12. The molecular formula is C14H21BrN4. The predicted octanol–water partition coefficient (Wildman–Crippen LogP) is 3.83. The summed E-state index contributed by atoms with van der Waals surface area (Å²) >= 11 is 3.58. The van der Waals surface area contributed by atoms with E-state index in [1.807, 2.05) is 10.7 Å². The van der Waals surface area contributed by atoms with Crippen molar-refractivity contribution in [2.24, 2.45) is 0 Å². The van der Waals surface area contributed by atoms with Crippen molar-refractivity contribution in [1.82, 2.24) is 14.6 Å². The van der Waals surface area contributed by atoms with Crippen molar-refractivity contribution in [2.45, 2.75) is 50.9 Å². The summed E-state index contributed by atoms with van der Waals surface area (Å²) in [5.41, 5.74) is 2.14. The van der Waals surface area contributed by atoms with Crippen molar-refractivity contribution in [3.05, 3.63) is 24.2 Å². The highest BCUT2D eigenvalue weighted by molar-refractivity contribution is 9.09. The lowest BCUT2D eigenvalue weighted by atomic mass is 10.1. The summed E-state index contributed by atoms with van der Waals surface area (Å²) in [5.74, 6) is 1.33. The molecule has 0 amide bonds. The average molecular weight is 325 g/mol. The standard InChI is InChI=1S/C14H21BrN4/c1-9(2)12-8-13-14(16-5-6-19(13)18-12)17-11(4)7-10(3)15/h5-6,8-11H,7H2,1-4H3,(H,16,17). The van der Waals surface area contributed by atoms with Gasteiger partial charge in [-0.05, 0) is 25.3 Å². The second-order valence-electron chi connectivity index (χ2n) is 5.39. The van der Waals surface area contributed by atoms with Gasteiger partial charge in [0.1, 0.15) is 5.52 Å². The molecule has 1 N–H and O–H groups in total. The zero-order chi connectivity index (χ0) is 14.0. The van der Waals surface area contributed by atoms with Crippen LogP contribution in [0.3, 0.4) is 0 Å². The summed E-state index contributed by atoms with van der Waals surface area (Å²) in [6.07, 6.45) is 4.73. The van der Waals surface area contributed by atoms with Crippen LogP contribution in [-0.4, -0.2) is 25.5 Å². The van der Waals surface area contributed by atoms with Crippen LogP contribution in [0.15, 0.2) is 18.5 Å². The molecule has 2 aromatic rings. The summed E-state index contributed by atoms with van der Waals surface area (Å²) in [6.45, 7) is 8.62. The van der Waals surface area contributed by atoms with Gasteiger partial charge in [-0.15, -0.1) is 0 Å². The Bertz CT molecular complexity index is 547. The van der Waals surface area contributed by atoms with E-state index in [0.717, 1.165) is 23.4 Å². The van der Waals surface area contributed by atoms with E-state index in [9.17, 15) is 0 Å². The van der Waals surface area contributed by atoms with Crippen molar-refractivity contribution in [2.75, 3.05) is 5.32 Å². The third-order valence-corrected chi connectivity index (χ3v) is 3.44. The second-order valence-corrected chi connectivity index (χ2v) is 6.95. The van der Waals surface area contributed by atoms with E-state index in [2.05, 4.69) is 65.1 Å². The molecule has 0 radical (unpaired) electrons. The third kappa shape index (κ3) is 3.47. The number of halogens is 1. The first-order valence-corrected chi connectivity index (χ1v) is 7.64. The Morgan fingerprint density at radius 3 is 2.68 bits per heavy atom. The van der Waals surface area contributed by atoms with Crippen molar-refractivity contribution in [3.63, 3.8) is 0 Å². The zero-order valence-electron chi connectivity index (χ0n) is 11.9. The number of alkyl halides is 1. The molecule has 2 heterocycles. The lowest BCUT2D eigenvalue weighted by Gasteiger charge is -2.16. The van der Waals surface area contributed by atoms with Gasteiger partial charge in [0.15, 0.2) is 5.82 Å². The van der Waals surface area contributed by atoms with E-state index in [1.54, 1.807) is 6.20 Å². The van der Waals surface area contributed by atoms with Crippen molar-refractivity contribution >= 4 is 27.3 Å². The van der Waals surface area contributed by atoms with Crippen LogP contribution in [0.5, 0.6) is 0 Å². The van der Waals surface area contributed by atoms with E-state index in [4.69, 9.17) is 0 Å². The Kier molecular flexibility index (Phi) is 4.45. The van der Waals surface area contributed by atoms with Crippen molar-refractivity contribution in [3.8, 4) is 0 Å². The lowest BCUT2D eigenvalue weighted by molar-refractivity contribution is 0.704. The molecule has 2 atom stereocenters. The van der Waals surface area contributed by atoms with Gasteiger partial charge in [0, 0.05) is 23.3 Å². The Labute approximate surface area is 122 Å². The maximum atomic E-state index is 4.57. The molecule has 19 heavy (non-hydrogen) atoms. The van der Waals surface area contributed by atoms with E-state index in [-0.39, 0.29) is 0 Å². The summed E-state index contributed by atoms with van der Waals surface area (Å²) in [4.78, 5) is 4.93. The van der Waals surface area contributed by atoms with E-state index >= 15 is 0 Å². The van der Waals surface area contributed by atoms with Gasteiger partial charge in [-0.2, -0.15) is 5.10 Å². The smallest absolute Gasteiger partial charge is 0.152 e. The number of fused-ring (bicyclic) bond motifs is 1. The summed E-state index contributed by atoms with van der Waals surface area (Å²) < 4.78 is 1.90. The lowest BCUT2D eigenvalue weighted by Crippen LogP contribution is -2.19. The molecule has 0 spiro atoms. The number of aromatic nitrogens is 3. The topological polar surface area (TPSA) is 42.2 Å². The van der Waals surface area contributed by atoms with Crippen LogP contribution in [0.25, 0.3) is 5.52 Å². The van der Waals surface area contributed by atoms with Gasteiger partial charge in [0.2, 0.25) is 0 Å². The van der Waals surface area contributed by atoms with Gasteiger partial charge in [-0.3, -0.25) is 0 Å². The number of anilines is 1. The molecule has 2 rings (SSSR count). The second kappa shape index (κ2) is 5.90. The molecular weight excluding hydrogens is 304 g/mol. The fourth-order valence-corrected chi connectivity index (χ4v) is 2.67. The monoisotopic (exact) mass is 324 g/mol. The number of hydrogen-bond acceptors (Lipinski definition) is 3. The molecule has 0 saturated heterocycles. The molecule has 0 aliphatic rings. The summed E-state index contributed by atoms with van der Waals surface area (Å²) in [7, 11) is 0. The summed E-state index contributed by atoms with van der Waals surface area (Å²) in [5, 5.41) is 8.04. The first kappa shape index (κ1) is 14.3. The van der Waals surface area contributed by atoms with Crippen LogP contribution in [0.4, 0.5) is 5.82 Å². The molecule has 5 heteroatoms. The Balaban J connectivity index is 2.27. The van der Waals surface area contributed by atoms with Crippen molar-refractivity contribution in [1.29, 1.82) is 0 Å². The molecule has 0 aliphatic heterocycles. The van der Waals surface area contributed by atoms with Crippen molar-refractivity contribution < 1.29 is 0 Å². The fourth-order valence-electron chi connectivity index (χ4n) is 2.11. The highest BCUT2D eigenvalue weighted by atomic mass is 79.9. The number of nitrogens with one attached hydrogen (secondary N) is 1. The maximum absolute atomic E-state index is 4.57. The molecule has 0 bridgehead atoms. The van der Waals surface area contributed by atoms with E-state index < -0.39 is 0 Å². The van der Waals surface area contributed by atoms with Gasteiger partial charge in [0.25, 0.3) is 0 Å². The molecule has 0 aliphatic carbocycles. The summed E-state index contributed by atoms with van der Waals surface area (Å²) in [6, 6.07) is 2.48. The zero-order valence-corrected chi connectivity index (χ0v) is 13.5. The first-order chi connectivity index (χ1) is 8.97. The Morgan fingerprint density at radius 1 is 1.32 bits per heavy atom. The highest BCUT2D eigenvalue weighted by Gasteiger charge is 2.12. The quantitative estimate of drug-likeness (QED) is 0.850. The van der Waals surface area contributed by atoms with Crippen LogP contribution in [-0.2, 0) is 0 Å². The van der Waals surface area contributed by atoms with Gasteiger partial charge in [0.05, 0.1) is 5.69 Å². The molecule has 104 valence electrons. The average Bonchev–Trinajstić information content (AvgIpc) is 2.72. The largest absolute Gasteiger partial charge is 0.366 e. The highest BCUT2D eigenvalue weighted by Crippen LogP contribution is 2.21. The molecule has 2 unspecified atom stereocenters. The number of hydrogen-bond donors (Lipinski definition) is 1. The number of rotatable bonds is 5. The third-order valence-electron chi connectivity index (χ3n) is 3.06. The minimum Gasteiger partial charge on any atom is -0.366 e. The normalized spacial score (nSPS) is 14.8. The molecule has 4 nitrogen and oxygen atoms in total. The Morgan fingerprint density at radius 2 is 2.05 bits per heavy atom. The maximum Gasteiger partial charge on any atom is 0.152 e. The Hall–Kier alpha value is -1.10. The first-order valence-electron chi connectivity index (χ1n) is 6.72. The predicted molar refractivity (Wildman–Crippen MR) is 83.2 cm³/mol. The van der Waals surface area contributed by atoms with Gasteiger partial charge in [-0.1, -0.05) is 36.7 Å². The minimum atomic E-state index is 0.366. The van der Waals surface area contributed by atoms with E-state index in [0.29, 0.717) is 16.8 Å². The molecule has 2 aromatic heterocycles. The fraction of sp³-hybridized carbons (Fsp3) is 0.571. The van der Waals surface area contributed by atoms with Gasteiger partial charge in [-0.25, -0.2) is 9.50 Å². The van der Waals surface area contributed by atoms with Crippen LogP contribution in [0.1, 0.15) is 45.7 Å². The van der Waals surface area contributed by atoms with E-state index in [1.165, 1.54) is 0 Å². The molecule has 0 fully saturated rings. The minimum absolute atomic E-state index is 0.366. The van der Waals surface area contributed by atoms with Crippen LogP contribution in [0.2, 0.25) is 0 Å². The molecule has 0 saturated carbocycles. The van der Waals surface area contributed by atoms with Gasteiger partial charge < -0.3 is 5.32 Å².